The van der Waals surface area contributed by atoms with Crippen LogP contribution < -0.4 is 4.74 Å². The predicted molar refractivity (Wildman–Crippen MR) is 90.6 cm³/mol. The molecule has 0 aromatic heterocycles. The van der Waals surface area contributed by atoms with Gasteiger partial charge >= 0.3 is 0 Å². The van der Waals surface area contributed by atoms with Crippen molar-refractivity contribution in [2.45, 2.75) is 32.8 Å². The highest BCUT2D eigenvalue weighted by molar-refractivity contribution is 5.72. The van der Waals surface area contributed by atoms with E-state index < -0.39 is 23.3 Å². The van der Waals surface area contributed by atoms with Gasteiger partial charge in [-0.3, -0.25) is 0 Å². The third-order valence-electron chi connectivity index (χ3n) is 4.33. The zero-order valence-corrected chi connectivity index (χ0v) is 14.4. The Kier molecular flexibility index (Phi) is 5.20. The summed E-state index contributed by atoms with van der Waals surface area (Å²) in [7, 11) is 0. The second kappa shape index (κ2) is 7.40. The zero-order valence-electron chi connectivity index (χ0n) is 14.4. The molecule has 3 rings (SSSR count). The Morgan fingerprint density at radius 2 is 1.50 bits per heavy atom. The molecule has 2 nitrogen and oxygen atoms in total. The average Bonchev–Trinajstić information content (AvgIpc) is 2.63. The van der Waals surface area contributed by atoms with Gasteiger partial charge in [0.15, 0.2) is 23.2 Å². The van der Waals surface area contributed by atoms with Crippen LogP contribution in [0.3, 0.4) is 0 Å². The van der Waals surface area contributed by atoms with E-state index in [1.54, 1.807) is 6.92 Å². The molecule has 0 spiro atoms. The summed E-state index contributed by atoms with van der Waals surface area (Å²) in [5.74, 6) is -5.13. The summed E-state index contributed by atoms with van der Waals surface area (Å²) in [6, 6.07) is 4.96. The number of hydrogen-bond acceptors (Lipinski definition) is 2. The molecule has 0 N–H and O–H groups in total. The fraction of sp³-hybridized carbons (Fsp3) is 0.300. The highest BCUT2D eigenvalue weighted by atomic mass is 19.2. The maximum atomic E-state index is 14.6. The van der Waals surface area contributed by atoms with Crippen molar-refractivity contribution in [1.82, 2.24) is 0 Å². The fourth-order valence-electron chi connectivity index (χ4n) is 2.89. The molecule has 2 aromatic rings. The van der Waals surface area contributed by atoms with Gasteiger partial charge in [0.2, 0.25) is 5.82 Å². The van der Waals surface area contributed by atoms with E-state index in [2.05, 4.69) is 0 Å². The Hall–Kier alpha value is -2.50. The smallest absolute Gasteiger partial charge is 0.201 e. The van der Waals surface area contributed by atoms with Crippen LogP contribution in [0, 0.1) is 23.3 Å². The van der Waals surface area contributed by atoms with Crippen molar-refractivity contribution in [2.24, 2.45) is 0 Å². The van der Waals surface area contributed by atoms with Crippen LogP contribution in [0.1, 0.15) is 32.3 Å². The molecule has 0 aliphatic carbocycles. The van der Waals surface area contributed by atoms with Gasteiger partial charge in [-0.1, -0.05) is 12.1 Å². The van der Waals surface area contributed by atoms with E-state index in [4.69, 9.17) is 9.47 Å². The fourth-order valence-corrected chi connectivity index (χ4v) is 2.89. The minimum Gasteiger partial charge on any atom is -0.498 e. The third-order valence-corrected chi connectivity index (χ3v) is 4.33. The van der Waals surface area contributed by atoms with E-state index in [0.29, 0.717) is 18.4 Å². The van der Waals surface area contributed by atoms with Gasteiger partial charge in [-0.15, -0.1) is 0 Å². The largest absolute Gasteiger partial charge is 0.498 e. The number of hydrogen-bond donors (Lipinski definition) is 0. The number of halogens is 4. The lowest BCUT2D eigenvalue weighted by Crippen LogP contribution is -2.10. The molecule has 1 aliphatic heterocycles. The van der Waals surface area contributed by atoms with Crippen LogP contribution in [0.15, 0.2) is 30.5 Å². The molecule has 0 amide bonds. The molecule has 1 heterocycles. The molecule has 138 valence electrons. The second-order valence-corrected chi connectivity index (χ2v) is 6.09. The number of ether oxygens (including phenoxy) is 2. The van der Waals surface area contributed by atoms with Crippen molar-refractivity contribution < 1.29 is 27.0 Å². The molecular weight excluding hydrogens is 348 g/mol. The monoisotopic (exact) mass is 366 g/mol. The minimum atomic E-state index is -1.28. The molecule has 1 atom stereocenters. The van der Waals surface area contributed by atoms with Crippen LogP contribution in [0.5, 0.6) is 5.75 Å². The van der Waals surface area contributed by atoms with Gasteiger partial charge in [0.25, 0.3) is 0 Å². The lowest BCUT2D eigenvalue weighted by molar-refractivity contribution is 0.144. The van der Waals surface area contributed by atoms with Crippen molar-refractivity contribution in [3.05, 3.63) is 59.4 Å². The molecule has 0 saturated heterocycles. The Balaban J connectivity index is 2.03. The lowest BCUT2D eigenvalue weighted by atomic mass is 9.95. The first-order valence-electron chi connectivity index (χ1n) is 8.38. The second-order valence-electron chi connectivity index (χ2n) is 6.09. The van der Waals surface area contributed by atoms with Crippen molar-refractivity contribution >= 4 is 5.57 Å². The van der Waals surface area contributed by atoms with Crippen LogP contribution in [0.25, 0.3) is 16.7 Å². The summed E-state index contributed by atoms with van der Waals surface area (Å²) < 4.78 is 67.8. The van der Waals surface area contributed by atoms with Crippen molar-refractivity contribution in [3.63, 3.8) is 0 Å². The Morgan fingerprint density at radius 1 is 0.923 bits per heavy atom. The lowest BCUT2D eigenvalue weighted by Gasteiger charge is -2.20. The summed E-state index contributed by atoms with van der Waals surface area (Å²) in [6.07, 6.45) is 2.67. The van der Waals surface area contributed by atoms with Gasteiger partial charge in [0.05, 0.1) is 19.0 Å². The summed E-state index contributed by atoms with van der Waals surface area (Å²) in [5.41, 5.74) is -0.123. The predicted octanol–water partition coefficient (Wildman–Crippen LogP) is 5.85. The molecular formula is C20H18F4O2. The normalized spacial score (nSPS) is 16.8. The maximum absolute atomic E-state index is 14.6. The minimum absolute atomic E-state index is 0.0202. The van der Waals surface area contributed by atoms with E-state index >= 15 is 0 Å². The Morgan fingerprint density at radius 3 is 2.12 bits per heavy atom. The van der Waals surface area contributed by atoms with E-state index in [1.807, 2.05) is 6.92 Å². The topological polar surface area (TPSA) is 18.5 Å². The summed E-state index contributed by atoms with van der Waals surface area (Å²) in [6.45, 7) is 3.67. The first-order chi connectivity index (χ1) is 12.4. The molecule has 0 fully saturated rings. The van der Waals surface area contributed by atoms with Gasteiger partial charge in [-0.2, -0.15) is 4.39 Å². The van der Waals surface area contributed by atoms with E-state index in [0.717, 1.165) is 0 Å². The quantitative estimate of drug-likeness (QED) is 0.632. The maximum Gasteiger partial charge on any atom is 0.201 e. The molecule has 1 unspecified atom stereocenters. The first kappa shape index (κ1) is 18.3. The zero-order chi connectivity index (χ0) is 18.8. The average molecular weight is 366 g/mol. The highest BCUT2D eigenvalue weighted by Gasteiger charge is 2.23. The molecule has 0 bridgehead atoms. The molecule has 0 saturated carbocycles. The van der Waals surface area contributed by atoms with E-state index in [-0.39, 0.29) is 35.2 Å². The van der Waals surface area contributed by atoms with Crippen LogP contribution in [-0.2, 0) is 4.74 Å². The van der Waals surface area contributed by atoms with Crippen molar-refractivity contribution in [2.75, 3.05) is 6.61 Å². The van der Waals surface area contributed by atoms with Gasteiger partial charge in [-0.05, 0) is 44.4 Å². The molecule has 26 heavy (non-hydrogen) atoms. The van der Waals surface area contributed by atoms with Crippen LogP contribution in [0.2, 0.25) is 0 Å². The van der Waals surface area contributed by atoms with Crippen molar-refractivity contribution in [1.29, 1.82) is 0 Å². The number of rotatable bonds is 4. The Labute approximate surface area is 149 Å². The van der Waals surface area contributed by atoms with Gasteiger partial charge in [0, 0.05) is 16.7 Å². The first-order valence-corrected chi connectivity index (χ1v) is 8.38. The number of allylic oxidation sites excluding steroid dienone is 1. The summed E-state index contributed by atoms with van der Waals surface area (Å²) >= 11 is 0. The molecule has 2 aromatic carbocycles. The molecule has 6 heteroatoms. The van der Waals surface area contributed by atoms with Crippen LogP contribution >= 0.6 is 0 Å². The van der Waals surface area contributed by atoms with Crippen LogP contribution in [-0.4, -0.2) is 12.7 Å². The van der Waals surface area contributed by atoms with Gasteiger partial charge in [-0.25, -0.2) is 13.2 Å². The molecule has 1 aliphatic rings. The molecule has 0 radical (unpaired) electrons. The van der Waals surface area contributed by atoms with Crippen molar-refractivity contribution in [3.8, 4) is 16.9 Å². The Bertz CT molecular complexity index is 861. The highest BCUT2D eigenvalue weighted by Crippen LogP contribution is 2.35. The van der Waals surface area contributed by atoms with E-state index in [9.17, 15) is 17.6 Å². The van der Waals surface area contributed by atoms with Crippen LogP contribution in [0.4, 0.5) is 17.6 Å². The van der Waals surface area contributed by atoms with Gasteiger partial charge < -0.3 is 9.47 Å². The summed E-state index contributed by atoms with van der Waals surface area (Å²) in [5, 5.41) is 0. The third kappa shape index (κ3) is 3.28. The number of benzene rings is 2. The standard InChI is InChI=1S/C20H18F4O2/c1-3-25-16-9-8-15(19(23)20(16)24)14-7-6-13(17(21)18(14)22)12-5-4-11(2)26-10-12/h6-11H,3-5H2,1-2H3. The SMILES string of the molecule is CCOc1ccc(-c2ccc(C3=COC(C)CC3)c(F)c2F)c(F)c1F. The van der Waals surface area contributed by atoms with Gasteiger partial charge in [0.1, 0.15) is 0 Å². The van der Waals surface area contributed by atoms with E-state index in [1.165, 1.54) is 30.5 Å². The summed E-state index contributed by atoms with van der Waals surface area (Å²) in [4.78, 5) is 0.